The maximum Gasteiger partial charge on any atom is 0.220 e. The maximum absolute atomic E-state index is 11.5. The minimum atomic E-state index is -0.0879. The molecule has 0 bridgehead atoms. The summed E-state index contributed by atoms with van der Waals surface area (Å²) in [5.74, 6) is -0.00553. The molecule has 17 heavy (non-hydrogen) atoms. The van der Waals surface area contributed by atoms with Crippen molar-refractivity contribution in [2.45, 2.75) is 25.8 Å². The maximum atomic E-state index is 11.5. The molecule has 0 fully saturated rings. The van der Waals surface area contributed by atoms with Gasteiger partial charge < -0.3 is 11.1 Å². The minimum Gasteiger partial charge on any atom is -0.350 e. The summed E-state index contributed by atoms with van der Waals surface area (Å²) in [4.78, 5) is 11.5. The van der Waals surface area contributed by atoms with Crippen molar-refractivity contribution >= 4 is 29.1 Å². The lowest BCUT2D eigenvalue weighted by atomic mass is 10.1. The quantitative estimate of drug-likeness (QED) is 0.868. The SMILES string of the molecule is CC(NC(=O)CCCN)c1ccc(Cl)c(Cl)c1. The van der Waals surface area contributed by atoms with Crippen molar-refractivity contribution in [1.82, 2.24) is 5.32 Å². The van der Waals surface area contributed by atoms with E-state index < -0.39 is 0 Å². The van der Waals surface area contributed by atoms with Crippen LogP contribution in [0.4, 0.5) is 0 Å². The highest BCUT2D eigenvalue weighted by Crippen LogP contribution is 2.25. The van der Waals surface area contributed by atoms with Crippen LogP contribution in [0.2, 0.25) is 10.0 Å². The highest BCUT2D eigenvalue weighted by atomic mass is 35.5. The third kappa shape index (κ3) is 4.54. The number of nitrogens with one attached hydrogen (secondary N) is 1. The summed E-state index contributed by atoms with van der Waals surface area (Å²) >= 11 is 11.7. The summed E-state index contributed by atoms with van der Waals surface area (Å²) in [5, 5.41) is 3.89. The zero-order chi connectivity index (χ0) is 12.8. The van der Waals surface area contributed by atoms with Gasteiger partial charge in [-0.2, -0.15) is 0 Å². The van der Waals surface area contributed by atoms with Crippen LogP contribution in [0.1, 0.15) is 31.4 Å². The molecule has 0 aliphatic heterocycles. The summed E-state index contributed by atoms with van der Waals surface area (Å²) in [6.45, 7) is 2.43. The van der Waals surface area contributed by atoms with Crippen molar-refractivity contribution in [2.24, 2.45) is 5.73 Å². The van der Waals surface area contributed by atoms with Crippen LogP contribution in [0.5, 0.6) is 0 Å². The van der Waals surface area contributed by atoms with Crippen LogP contribution in [0.15, 0.2) is 18.2 Å². The summed E-state index contributed by atoms with van der Waals surface area (Å²) in [6.07, 6.45) is 1.14. The smallest absolute Gasteiger partial charge is 0.220 e. The predicted octanol–water partition coefficient (Wildman–Crippen LogP) is 2.91. The van der Waals surface area contributed by atoms with E-state index >= 15 is 0 Å². The van der Waals surface area contributed by atoms with Crippen molar-refractivity contribution in [3.63, 3.8) is 0 Å². The average Bonchev–Trinajstić information content (AvgIpc) is 2.30. The average molecular weight is 275 g/mol. The van der Waals surface area contributed by atoms with E-state index in [4.69, 9.17) is 28.9 Å². The molecule has 1 aromatic rings. The first-order chi connectivity index (χ1) is 8.04. The molecule has 5 heteroatoms. The van der Waals surface area contributed by atoms with Gasteiger partial charge >= 0.3 is 0 Å². The van der Waals surface area contributed by atoms with Gasteiger partial charge in [-0.3, -0.25) is 4.79 Å². The molecule has 0 aliphatic rings. The number of hydrogen-bond donors (Lipinski definition) is 2. The van der Waals surface area contributed by atoms with E-state index in [1.54, 1.807) is 12.1 Å². The lowest BCUT2D eigenvalue weighted by Crippen LogP contribution is -2.26. The molecule has 1 amide bonds. The number of rotatable bonds is 5. The molecule has 0 saturated heterocycles. The molecule has 1 atom stereocenters. The van der Waals surface area contributed by atoms with Crippen LogP contribution in [0.3, 0.4) is 0 Å². The van der Waals surface area contributed by atoms with Crippen LogP contribution in [-0.2, 0) is 4.79 Å². The van der Waals surface area contributed by atoms with Gasteiger partial charge in [0, 0.05) is 6.42 Å². The Kier molecular flexibility index (Phi) is 5.75. The summed E-state index contributed by atoms with van der Waals surface area (Å²) in [6, 6.07) is 5.25. The third-order valence-corrected chi connectivity index (χ3v) is 3.17. The van der Waals surface area contributed by atoms with Gasteiger partial charge in [0.2, 0.25) is 5.91 Å². The summed E-state index contributed by atoms with van der Waals surface area (Å²) in [5.41, 5.74) is 6.27. The Morgan fingerprint density at radius 2 is 2.12 bits per heavy atom. The minimum absolute atomic E-state index is 0.00553. The molecule has 0 aromatic heterocycles. The molecule has 0 saturated carbocycles. The van der Waals surface area contributed by atoms with Gasteiger partial charge in [-0.1, -0.05) is 29.3 Å². The van der Waals surface area contributed by atoms with Crippen molar-refractivity contribution in [3.8, 4) is 0 Å². The van der Waals surface area contributed by atoms with E-state index in [9.17, 15) is 4.79 Å². The van der Waals surface area contributed by atoms with E-state index in [0.717, 1.165) is 5.56 Å². The third-order valence-electron chi connectivity index (χ3n) is 2.43. The first kappa shape index (κ1) is 14.3. The fourth-order valence-electron chi connectivity index (χ4n) is 1.44. The highest BCUT2D eigenvalue weighted by Gasteiger charge is 2.10. The van der Waals surface area contributed by atoms with E-state index in [-0.39, 0.29) is 11.9 Å². The molecular weight excluding hydrogens is 259 g/mol. The fraction of sp³-hybridized carbons (Fsp3) is 0.417. The fourth-order valence-corrected chi connectivity index (χ4v) is 1.75. The second kappa shape index (κ2) is 6.84. The molecule has 0 spiro atoms. The largest absolute Gasteiger partial charge is 0.350 e. The van der Waals surface area contributed by atoms with Gasteiger partial charge in [0.05, 0.1) is 16.1 Å². The standard InChI is InChI=1S/C12H16Cl2N2O/c1-8(16-12(17)3-2-6-15)9-4-5-10(13)11(14)7-9/h4-5,7-8H,2-3,6,15H2,1H3,(H,16,17). The number of amides is 1. The Labute approximate surface area is 111 Å². The Morgan fingerprint density at radius 1 is 1.41 bits per heavy atom. The van der Waals surface area contributed by atoms with Gasteiger partial charge in [-0.15, -0.1) is 0 Å². The van der Waals surface area contributed by atoms with Gasteiger partial charge in [-0.05, 0) is 37.6 Å². The van der Waals surface area contributed by atoms with Crippen LogP contribution in [-0.4, -0.2) is 12.5 Å². The Morgan fingerprint density at radius 3 is 2.71 bits per heavy atom. The Balaban J connectivity index is 2.60. The summed E-state index contributed by atoms with van der Waals surface area (Å²) < 4.78 is 0. The lowest BCUT2D eigenvalue weighted by molar-refractivity contribution is -0.121. The van der Waals surface area contributed by atoms with E-state index in [1.165, 1.54) is 0 Å². The number of hydrogen-bond acceptors (Lipinski definition) is 2. The molecule has 94 valence electrons. The van der Waals surface area contributed by atoms with E-state index in [2.05, 4.69) is 5.32 Å². The molecule has 1 aromatic carbocycles. The molecule has 0 aliphatic carbocycles. The Bertz CT molecular complexity index is 396. The Hall–Kier alpha value is -0.770. The van der Waals surface area contributed by atoms with Crippen molar-refractivity contribution < 1.29 is 4.79 Å². The second-order valence-corrected chi connectivity index (χ2v) is 4.67. The van der Waals surface area contributed by atoms with E-state index in [1.807, 2.05) is 13.0 Å². The molecular formula is C12H16Cl2N2O. The van der Waals surface area contributed by atoms with E-state index in [0.29, 0.717) is 29.4 Å². The predicted molar refractivity (Wildman–Crippen MR) is 71.3 cm³/mol. The van der Waals surface area contributed by atoms with Gasteiger partial charge in [-0.25, -0.2) is 0 Å². The number of carbonyl (C=O) groups excluding carboxylic acids is 1. The number of halogens is 2. The second-order valence-electron chi connectivity index (χ2n) is 3.85. The molecule has 3 nitrogen and oxygen atoms in total. The van der Waals surface area contributed by atoms with Crippen LogP contribution < -0.4 is 11.1 Å². The number of benzene rings is 1. The molecule has 1 unspecified atom stereocenters. The first-order valence-corrected chi connectivity index (χ1v) is 6.24. The van der Waals surface area contributed by atoms with Gasteiger partial charge in [0.25, 0.3) is 0 Å². The zero-order valence-electron chi connectivity index (χ0n) is 9.67. The van der Waals surface area contributed by atoms with Crippen molar-refractivity contribution in [2.75, 3.05) is 6.54 Å². The molecule has 1 rings (SSSR count). The van der Waals surface area contributed by atoms with Crippen LogP contribution >= 0.6 is 23.2 Å². The van der Waals surface area contributed by atoms with Gasteiger partial charge in [0.1, 0.15) is 0 Å². The van der Waals surface area contributed by atoms with Crippen LogP contribution in [0.25, 0.3) is 0 Å². The summed E-state index contributed by atoms with van der Waals surface area (Å²) in [7, 11) is 0. The lowest BCUT2D eigenvalue weighted by Gasteiger charge is -2.14. The van der Waals surface area contributed by atoms with Crippen molar-refractivity contribution in [3.05, 3.63) is 33.8 Å². The number of nitrogens with two attached hydrogens (primary N) is 1. The zero-order valence-corrected chi connectivity index (χ0v) is 11.2. The molecule has 3 N–H and O–H groups in total. The normalized spacial score (nSPS) is 12.2. The van der Waals surface area contributed by atoms with Crippen LogP contribution in [0, 0.1) is 0 Å². The van der Waals surface area contributed by atoms with Crippen molar-refractivity contribution in [1.29, 1.82) is 0 Å². The topological polar surface area (TPSA) is 55.1 Å². The van der Waals surface area contributed by atoms with Gasteiger partial charge in [0.15, 0.2) is 0 Å². The molecule has 0 heterocycles. The monoisotopic (exact) mass is 274 g/mol. The number of carbonyl (C=O) groups is 1. The first-order valence-electron chi connectivity index (χ1n) is 5.49. The molecule has 0 radical (unpaired) electrons. The highest BCUT2D eigenvalue weighted by molar-refractivity contribution is 6.42.